The normalized spacial score (nSPS) is 14.9. The second-order valence-corrected chi connectivity index (χ2v) is 11.0. The van der Waals surface area contributed by atoms with E-state index in [-0.39, 0.29) is 17.6 Å². The first-order valence-corrected chi connectivity index (χ1v) is 14.0. The van der Waals surface area contributed by atoms with E-state index in [1.807, 2.05) is 12.1 Å². The number of alkyl halides is 3. The molecule has 5 nitrogen and oxygen atoms in total. The maximum absolute atomic E-state index is 13.1. The van der Waals surface area contributed by atoms with Crippen molar-refractivity contribution in [3.05, 3.63) is 76.9 Å². The number of hydrogen-bond acceptors (Lipinski definition) is 4. The fraction of sp³-hybridized carbons (Fsp3) is 0.414. The Hall–Kier alpha value is -3.07. The zero-order chi connectivity index (χ0) is 26.9. The number of halogens is 3. The number of thioether (sulfide) groups is 1. The number of aryl methyl sites for hydroxylation is 1. The number of Topliss-reactive ketones (excluding diaryl/α,β-unsaturated/α-hetero) is 1. The van der Waals surface area contributed by atoms with Crippen LogP contribution in [0.15, 0.2) is 53.7 Å². The van der Waals surface area contributed by atoms with Crippen LogP contribution in [0.5, 0.6) is 0 Å². The van der Waals surface area contributed by atoms with Crippen LogP contribution < -0.4 is 0 Å². The molecular formula is C29H31F3N4OS. The number of aromatic nitrogens is 4. The molecule has 200 valence electrons. The molecule has 0 N–H and O–H groups in total. The van der Waals surface area contributed by atoms with E-state index in [0.717, 1.165) is 36.1 Å². The van der Waals surface area contributed by atoms with Crippen molar-refractivity contribution in [2.75, 3.05) is 5.75 Å². The third kappa shape index (κ3) is 5.67. The van der Waals surface area contributed by atoms with E-state index in [0.29, 0.717) is 28.5 Å². The zero-order valence-corrected chi connectivity index (χ0v) is 22.4. The minimum atomic E-state index is -4.35. The molecule has 0 atom stereocenters. The number of benzene rings is 2. The van der Waals surface area contributed by atoms with Crippen molar-refractivity contribution in [1.29, 1.82) is 0 Å². The zero-order valence-electron chi connectivity index (χ0n) is 21.6. The lowest BCUT2D eigenvalue weighted by molar-refractivity contribution is -0.141. The number of carbonyl (C=O) groups is 1. The molecule has 1 fully saturated rings. The van der Waals surface area contributed by atoms with Crippen LogP contribution in [0.1, 0.15) is 71.3 Å². The molecule has 4 aromatic rings. The number of nitrogens with zero attached hydrogens (tertiary/aromatic N) is 4. The predicted molar refractivity (Wildman–Crippen MR) is 144 cm³/mol. The summed E-state index contributed by atoms with van der Waals surface area (Å²) in [6, 6.07) is 16.4. The summed E-state index contributed by atoms with van der Waals surface area (Å²) in [7, 11) is 0. The molecule has 0 bridgehead atoms. The highest BCUT2D eigenvalue weighted by molar-refractivity contribution is 7.99. The van der Waals surface area contributed by atoms with Crippen molar-refractivity contribution in [2.45, 2.75) is 76.3 Å². The van der Waals surface area contributed by atoms with Gasteiger partial charge in [-0.25, -0.2) is 0 Å². The van der Waals surface area contributed by atoms with E-state index in [1.54, 1.807) is 19.9 Å². The first-order valence-electron chi connectivity index (χ1n) is 13.0. The van der Waals surface area contributed by atoms with E-state index < -0.39 is 12.7 Å². The van der Waals surface area contributed by atoms with Crippen molar-refractivity contribution in [1.82, 2.24) is 19.3 Å². The van der Waals surface area contributed by atoms with Crippen molar-refractivity contribution in [3.63, 3.8) is 0 Å². The first-order chi connectivity index (χ1) is 18.2. The third-order valence-corrected chi connectivity index (χ3v) is 8.39. The first kappa shape index (κ1) is 26.5. The van der Waals surface area contributed by atoms with Gasteiger partial charge >= 0.3 is 6.18 Å². The van der Waals surface area contributed by atoms with Crippen LogP contribution in [-0.2, 0) is 13.0 Å². The number of carbonyl (C=O) groups excluding carboxylic acids is 1. The topological polar surface area (TPSA) is 52.7 Å². The van der Waals surface area contributed by atoms with Crippen LogP contribution in [0.4, 0.5) is 13.2 Å². The SMILES string of the molecule is Cc1cc(C(=O)CSc2nnc(Cc3cccc4ccccc34)n2C2CCCCC2)c(C)n1CC(F)(F)F. The van der Waals surface area contributed by atoms with Gasteiger partial charge in [0, 0.05) is 29.4 Å². The second kappa shape index (κ2) is 11.0. The van der Waals surface area contributed by atoms with Gasteiger partial charge in [-0.05, 0) is 49.1 Å². The Kier molecular flexibility index (Phi) is 7.66. The van der Waals surface area contributed by atoms with Crippen molar-refractivity contribution in [2.24, 2.45) is 0 Å². The van der Waals surface area contributed by atoms with Gasteiger partial charge in [0.2, 0.25) is 0 Å². The van der Waals surface area contributed by atoms with Gasteiger partial charge < -0.3 is 9.13 Å². The largest absolute Gasteiger partial charge is 0.406 e. The summed E-state index contributed by atoms with van der Waals surface area (Å²) in [5, 5.41) is 12.1. The van der Waals surface area contributed by atoms with Gasteiger partial charge in [-0.3, -0.25) is 4.79 Å². The molecule has 2 heterocycles. The molecule has 1 aliphatic rings. The third-order valence-electron chi connectivity index (χ3n) is 7.45. The summed E-state index contributed by atoms with van der Waals surface area (Å²) in [4.78, 5) is 13.1. The molecule has 1 saturated carbocycles. The molecule has 0 saturated heterocycles. The molecule has 2 aromatic heterocycles. The summed E-state index contributed by atoms with van der Waals surface area (Å²) in [5.74, 6) is 0.770. The lowest BCUT2D eigenvalue weighted by atomic mass is 9.95. The van der Waals surface area contributed by atoms with Crippen molar-refractivity contribution < 1.29 is 18.0 Å². The highest BCUT2D eigenvalue weighted by Gasteiger charge is 2.30. The Morgan fingerprint density at radius 2 is 1.76 bits per heavy atom. The average molecular weight is 541 g/mol. The fourth-order valence-electron chi connectivity index (χ4n) is 5.56. The number of fused-ring (bicyclic) bond motifs is 1. The van der Waals surface area contributed by atoms with Gasteiger partial charge in [-0.1, -0.05) is 73.5 Å². The molecule has 38 heavy (non-hydrogen) atoms. The number of rotatable bonds is 8. The van der Waals surface area contributed by atoms with Crippen molar-refractivity contribution in [3.8, 4) is 0 Å². The van der Waals surface area contributed by atoms with Gasteiger partial charge in [0.05, 0.1) is 5.75 Å². The fourth-order valence-corrected chi connectivity index (χ4v) is 6.47. The van der Waals surface area contributed by atoms with E-state index in [2.05, 4.69) is 45.1 Å². The Morgan fingerprint density at radius 3 is 2.53 bits per heavy atom. The molecule has 0 spiro atoms. The molecule has 0 aliphatic heterocycles. The van der Waals surface area contributed by atoms with Crippen molar-refractivity contribution >= 4 is 28.3 Å². The minimum Gasteiger partial charge on any atom is -0.339 e. The highest BCUT2D eigenvalue weighted by atomic mass is 32.2. The molecular weight excluding hydrogens is 509 g/mol. The lowest BCUT2D eigenvalue weighted by Gasteiger charge is -2.25. The maximum atomic E-state index is 13.1. The van der Waals surface area contributed by atoms with Gasteiger partial charge in [-0.15, -0.1) is 10.2 Å². The maximum Gasteiger partial charge on any atom is 0.406 e. The number of ketones is 1. The Morgan fingerprint density at radius 1 is 1.03 bits per heavy atom. The molecule has 1 aliphatic carbocycles. The Labute approximate surface area is 224 Å². The molecule has 0 unspecified atom stereocenters. The van der Waals surface area contributed by atoms with E-state index >= 15 is 0 Å². The molecule has 0 radical (unpaired) electrons. The highest BCUT2D eigenvalue weighted by Crippen LogP contribution is 2.34. The van der Waals surface area contributed by atoms with Crippen LogP contribution in [-0.4, -0.2) is 37.0 Å². The standard InChI is InChI=1S/C29H31F3N4OS/c1-19-15-25(20(2)35(19)18-29(30,31)32)26(37)17-38-28-34-33-27(36(28)23-12-4-3-5-13-23)16-22-11-8-10-21-9-6-7-14-24(21)22/h6-11,14-15,23H,3-5,12-13,16-18H2,1-2H3. The monoisotopic (exact) mass is 540 g/mol. The Balaban J connectivity index is 1.40. The molecule has 0 amide bonds. The summed E-state index contributed by atoms with van der Waals surface area (Å²) in [6.07, 6.45) is 1.88. The summed E-state index contributed by atoms with van der Waals surface area (Å²) in [5.41, 5.74) is 2.28. The quantitative estimate of drug-likeness (QED) is 0.172. The molecule has 5 rings (SSSR count). The lowest BCUT2D eigenvalue weighted by Crippen LogP contribution is -2.20. The average Bonchev–Trinajstić information content (AvgIpc) is 3.42. The van der Waals surface area contributed by atoms with Gasteiger partial charge in [-0.2, -0.15) is 13.2 Å². The predicted octanol–water partition coefficient (Wildman–Crippen LogP) is 7.48. The Bertz CT molecular complexity index is 1440. The summed E-state index contributed by atoms with van der Waals surface area (Å²) >= 11 is 1.32. The summed E-state index contributed by atoms with van der Waals surface area (Å²) < 4.78 is 42.4. The summed E-state index contributed by atoms with van der Waals surface area (Å²) in [6.45, 7) is 2.07. The van der Waals surface area contributed by atoms with Crippen LogP contribution in [0, 0.1) is 13.8 Å². The second-order valence-electron chi connectivity index (χ2n) is 10.1. The van der Waals surface area contributed by atoms with E-state index in [4.69, 9.17) is 0 Å². The minimum absolute atomic E-state index is 0.0927. The smallest absolute Gasteiger partial charge is 0.339 e. The van der Waals surface area contributed by atoms with Gasteiger partial charge in [0.25, 0.3) is 0 Å². The van der Waals surface area contributed by atoms with E-state index in [1.165, 1.54) is 34.5 Å². The van der Waals surface area contributed by atoms with Crippen LogP contribution in [0.3, 0.4) is 0 Å². The van der Waals surface area contributed by atoms with Gasteiger partial charge in [0.1, 0.15) is 12.4 Å². The van der Waals surface area contributed by atoms with Crippen LogP contribution in [0.2, 0.25) is 0 Å². The van der Waals surface area contributed by atoms with Crippen LogP contribution in [0.25, 0.3) is 10.8 Å². The van der Waals surface area contributed by atoms with E-state index in [9.17, 15) is 18.0 Å². The van der Waals surface area contributed by atoms with Gasteiger partial charge in [0.15, 0.2) is 10.9 Å². The molecule has 9 heteroatoms. The number of hydrogen-bond donors (Lipinski definition) is 0. The van der Waals surface area contributed by atoms with Crippen LogP contribution >= 0.6 is 11.8 Å². The molecule has 2 aromatic carbocycles.